The fourth-order valence-corrected chi connectivity index (χ4v) is 7.41. The van der Waals surface area contributed by atoms with E-state index in [2.05, 4.69) is 5.32 Å². The van der Waals surface area contributed by atoms with Crippen molar-refractivity contribution in [1.82, 2.24) is 9.62 Å². The lowest BCUT2D eigenvalue weighted by molar-refractivity contribution is -0.130. The van der Waals surface area contributed by atoms with Gasteiger partial charge < -0.3 is 10.1 Å². The lowest BCUT2D eigenvalue weighted by atomic mass is 9.72. The Hall–Kier alpha value is -2.87. The van der Waals surface area contributed by atoms with E-state index in [9.17, 15) is 13.2 Å². The Morgan fingerprint density at radius 3 is 2.53 bits per heavy atom. The van der Waals surface area contributed by atoms with E-state index in [0.717, 1.165) is 12.1 Å². The summed E-state index contributed by atoms with van der Waals surface area (Å²) in [5.74, 6) is -2.13. The van der Waals surface area contributed by atoms with Gasteiger partial charge in [0.25, 0.3) is 0 Å². The van der Waals surface area contributed by atoms with Crippen molar-refractivity contribution in [2.75, 3.05) is 19.8 Å². The summed E-state index contributed by atoms with van der Waals surface area (Å²) in [6, 6.07) is 12.3. The first kappa shape index (κ1) is 26.2. The molecule has 7 nitrogen and oxygen atoms in total. The number of rotatable bonds is 6. The van der Waals surface area contributed by atoms with Crippen LogP contribution >= 0.6 is 0 Å². The minimum absolute atomic E-state index is 0.0972. The summed E-state index contributed by atoms with van der Waals surface area (Å²) in [6.07, 6.45) is 1.30. The van der Waals surface area contributed by atoms with E-state index in [4.69, 9.17) is 10.00 Å². The zero-order chi connectivity index (χ0) is 25.9. The molecule has 0 spiro atoms. The first-order valence-corrected chi connectivity index (χ1v) is 13.5. The molecule has 1 N–H and O–H groups in total. The third kappa shape index (κ3) is 4.88. The summed E-state index contributed by atoms with van der Waals surface area (Å²) < 4.78 is 64.5. The molecule has 0 aromatic heterocycles. The van der Waals surface area contributed by atoms with Gasteiger partial charge in [0.05, 0.1) is 11.5 Å². The van der Waals surface area contributed by atoms with Crippen LogP contribution < -0.4 is 5.32 Å². The highest BCUT2D eigenvalue weighted by Gasteiger charge is 2.45. The smallest absolute Gasteiger partial charge is 0.231 e. The Kier molecular flexibility index (Phi) is 7.73. The lowest BCUT2D eigenvalue weighted by Gasteiger charge is -2.38. The number of benzene rings is 2. The molecule has 2 aromatic rings. The number of nitriles is 1. The molecular weight excluding hydrogens is 488 g/mol. The number of amides is 1. The highest BCUT2D eigenvalue weighted by Crippen LogP contribution is 2.40. The van der Waals surface area contributed by atoms with E-state index in [0.29, 0.717) is 18.4 Å². The number of ether oxygens (including phenoxy) is 1. The monoisotopic (exact) mass is 517 g/mol. The summed E-state index contributed by atoms with van der Waals surface area (Å²) in [5, 5.41) is 10.6. The van der Waals surface area contributed by atoms with Gasteiger partial charge in [-0.3, -0.25) is 4.79 Å². The van der Waals surface area contributed by atoms with Gasteiger partial charge >= 0.3 is 0 Å². The minimum atomic E-state index is -3.83. The predicted octanol–water partition coefficient (Wildman–Crippen LogP) is 3.71. The van der Waals surface area contributed by atoms with Gasteiger partial charge in [-0.05, 0) is 50.3 Å². The van der Waals surface area contributed by atoms with E-state index >= 15 is 8.78 Å². The van der Waals surface area contributed by atoms with Gasteiger partial charge in [0.2, 0.25) is 15.9 Å². The molecule has 0 radical (unpaired) electrons. The van der Waals surface area contributed by atoms with Crippen LogP contribution in [0.5, 0.6) is 0 Å². The molecule has 2 fully saturated rings. The molecule has 10 heteroatoms. The van der Waals surface area contributed by atoms with Crippen molar-refractivity contribution in [1.29, 1.82) is 5.26 Å². The van der Waals surface area contributed by atoms with Crippen LogP contribution in [0, 0.1) is 23.0 Å². The molecule has 0 saturated carbocycles. The maximum atomic E-state index is 15.5. The fourth-order valence-electron chi connectivity index (χ4n) is 5.22. The molecule has 0 aliphatic carbocycles. The number of hydrogen-bond donors (Lipinski definition) is 1. The molecule has 4 rings (SSSR count). The average Bonchev–Trinajstić information content (AvgIpc) is 2.87. The van der Waals surface area contributed by atoms with E-state index in [1.54, 1.807) is 31.2 Å². The summed E-state index contributed by atoms with van der Waals surface area (Å²) in [5.41, 5.74) is -0.915. The van der Waals surface area contributed by atoms with Crippen LogP contribution in [0.25, 0.3) is 0 Å². The third-order valence-corrected chi connectivity index (χ3v) is 9.65. The molecule has 2 aliphatic rings. The molecule has 0 unspecified atom stereocenters. The SMILES string of the molecule is C[C@H]1CC[C@H](c2ccccc2)S(=O)(=O)N1Cc1cc(F)c(C2(C(=O)NCC#N)CCOCC2)cc1F. The standard InChI is InChI=1S/C26H29F2N3O4S/c1-18-7-8-24(19-5-3-2-4-6-19)36(33,34)31(18)17-20-15-23(28)21(16-22(20)27)26(9-13-35-14-10-26)25(32)30-12-11-29/h2-6,15-16,18,24H,7-10,12-14,17H2,1H3,(H,30,32)/t18-,24+/m0/s1. The topological polar surface area (TPSA) is 99.5 Å². The largest absolute Gasteiger partial charge is 0.381 e. The Balaban J connectivity index is 1.67. The van der Waals surface area contributed by atoms with Gasteiger partial charge in [-0.15, -0.1) is 0 Å². The number of halogens is 2. The third-order valence-electron chi connectivity index (χ3n) is 7.28. The Labute approximate surface area is 210 Å². The highest BCUT2D eigenvalue weighted by molar-refractivity contribution is 7.89. The van der Waals surface area contributed by atoms with Crippen molar-refractivity contribution in [2.45, 2.75) is 55.9 Å². The normalized spacial score (nSPS) is 23.5. The number of nitrogens with zero attached hydrogens (tertiary/aromatic N) is 2. The van der Waals surface area contributed by atoms with Gasteiger partial charge in [-0.25, -0.2) is 17.2 Å². The zero-order valence-electron chi connectivity index (χ0n) is 20.0. The summed E-state index contributed by atoms with van der Waals surface area (Å²) >= 11 is 0. The second-order valence-corrected chi connectivity index (χ2v) is 11.4. The molecule has 2 saturated heterocycles. The first-order valence-electron chi connectivity index (χ1n) is 12.0. The molecular formula is C26H29F2N3O4S. The van der Waals surface area contributed by atoms with Gasteiger partial charge in [-0.2, -0.15) is 9.57 Å². The Bertz CT molecular complexity index is 1260. The number of sulfonamides is 1. The predicted molar refractivity (Wildman–Crippen MR) is 129 cm³/mol. The number of nitrogens with one attached hydrogen (secondary N) is 1. The number of carbonyl (C=O) groups is 1. The quantitative estimate of drug-likeness (QED) is 0.589. The lowest BCUT2D eigenvalue weighted by Crippen LogP contribution is -2.48. The maximum absolute atomic E-state index is 15.5. The molecule has 2 atom stereocenters. The second kappa shape index (κ2) is 10.6. The highest BCUT2D eigenvalue weighted by atomic mass is 32.2. The number of hydrogen-bond acceptors (Lipinski definition) is 5. The van der Waals surface area contributed by atoms with Gasteiger partial charge in [0, 0.05) is 36.9 Å². The van der Waals surface area contributed by atoms with Crippen LogP contribution in [0.4, 0.5) is 8.78 Å². The van der Waals surface area contributed by atoms with Crippen molar-refractivity contribution in [2.24, 2.45) is 0 Å². The van der Waals surface area contributed by atoms with Gasteiger partial charge in [0.1, 0.15) is 23.4 Å². The number of carbonyl (C=O) groups excluding carboxylic acids is 1. The van der Waals surface area contributed by atoms with Crippen molar-refractivity contribution in [3.8, 4) is 6.07 Å². The van der Waals surface area contributed by atoms with Gasteiger partial charge in [0.15, 0.2) is 0 Å². The molecule has 2 aliphatic heterocycles. The van der Waals surface area contributed by atoms with Crippen molar-refractivity contribution in [3.63, 3.8) is 0 Å². The summed E-state index contributed by atoms with van der Waals surface area (Å²) in [6.45, 7) is 1.57. The van der Waals surface area contributed by atoms with Crippen LogP contribution in [0.2, 0.25) is 0 Å². The maximum Gasteiger partial charge on any atom is 0.231 e. The van der Waals surface area contributed by atoms with E-state index in [1.165, 1.54) is 4.31 Å². The van der Waals surface area contributed by atoms with Crippen LogP contribution in [0.3, 0.4) is 0 Å². The second-order valence-electron chi connectivity index (χ2n) is 9.37. The molecule has 1 amide bonds. The van der Waals surface area contributed by atoms with Crippen LogP contribution in [-0.2, 0) is 31.5 Å². The average molecular weight is 518 g/mol. The Morgan fingerprint density at radius 1 is 1.17 bits per heavy atom. The molecule has 192 valence electrons. The van der Waals surface area contributed by atoms with Gasteiger partial charge in [-0.1, -0.05) is 30.3 Å². The summed E-state index contributed by atoms with van der Waals surface area (Å²) in [4.78, 5) is 12.9. The summed E-state index contributed by atoms with van der Waals surface area (Å²) in [7, 11) is -3.83. The molecule has 0 bridgehead atoms. The van der Waals surface area contributed by atoms with Crippen LogP contribution in [0.1, 0.15) is 54.5 Å². The van der Waals surface area contributed by atoms with E-state index in [-0.39, 0.29) is 56.3 Å². The first-order chi connectivity index (χ1) is 17.2. The van der Waals surface area contributed by atoms with Crippen molar-refractivity contribution >= 4 is 15.9 Å². The molecule has 2 aromatic carbocycles. The van der Waals surface area contributed by atoms with Crippen molar-refractivity contribution in [3.05, 3.63) is 70.8 Å². The van der Waals surface area contributed by atoms with E-state index < -0.39 is 38.2 Å². The van der Waals surface area contributed by atoms with Crippen LogP contribution in [-0.4, -0.2) is 44.4 Å². The van der Waals surface area contributed by atoms with E-state index in [1.807, 2.05) is 12.1 Å². The molecule has 36 heavy (non-hydrogen) atoms. The zero-order valence-corrected chi connectivity index (χ0v) is 20.9. The van der Waals surface area contributed by atoms with Crippen molar-refractivity contribution < 1.29 is 26.7 Å². The van der Waals surface area contributed by atoms with Crippen LogP contribution in [0.15, 0.2) is 42.5 Å². The fraction of sp³-hybridized carbons (Fsp3) is 0.462. The molecule has 2 heterocycles. The minimum Gasteiger partial charge on any atom is -0.381 e. The Morgan fingerprint density at radius 2 is 1.86 bits per heavy atom.